The van der Waals surface area contributed by atoms with E-state index in [2.05, 4.69) is 25.4 Å². The molecule has 1 saturated heterocycles. The Morgan fingerprint density at radius 1 is 1.16 bits per heavy atom. The first-order chi connectivity index (χ1) is 11.8. The number of rotatable bonds is 3. The second kappa shape index (κ2) is 7.01. The van der Waals surface area contributed by atoms with Crippen molar-refractivity contribution in [3.63, 3.8) is 0 Å². The largest absolute Gasteiger partial charge is 0.416 e. The minimum Gasteiger partial charge on any atom is -0.338 e. The number of nitrogens with zero attached hydrogens (tertiary/aromatic N) is 5. The lowest BCUT2D eigenvalue weighted by Gasteiger charge is -2.32. The van der Waals surface area contributed by atoms with E-state index in [1.807, 2.05) is 11.9 Å². The van der Waals surface area contributed by atoms with Crippen LogP contribution < -0.4 is 10.2 Å². The van der Waals surface area contributed by atoms with Gasteiger partial charge in [0.05, 0.1) is 22.5 Å². The van der Waals surface area contributed by atoms with Gasteiger partial charge in [0, 0.05) is 26.2 Å². The van der Waals surface area contributed by atoms with Crippen molar-refractivity contribution in [3.05, 3.63) is 35.0 Å². The van der Waals surface area contributed by atoms with E-state index in [9.17, 15) is 13.2 Å². The van der Waals surface area contributed by atoms with E-state index in [1.165, 1.54) is 12.3 Å². The van der Waals surface area contributed by atoms with Crippen LogP contribution in [0.3, 0.4) is 0 Å². The summed E-state index contributed by atoms with van der Waals surface area (Å²) in [5, 5.41) is 10.8. The van der Waals surface area contributed by atoms with E-state index in [1.54, 1.807) is 0 Å². The molecule has 0 amide bonds. The quantitative estimate of drug-likeness (QED) is 0.893. The second-order valence-electron chi connectivity index (χ2n) is 5.75. The molecule has 0 saturated carbocycles. The monoisotopic (exact) mass is 372 g/mol. The molecule has 1 fully saturated rings. The van der Waals surface area contributed by atoms with Crippen molar-refractivity contribution in [1.82, 2.24) is 20.1 Å². The predicted molar refractivity (Wildman–Crippen MR) is 89.3 cm³/mol. The summed E-state index contributed by atoms with van der Waals surface area (Å²) in [7, 11) is 2.03. The number of alkyl halides is 3. The van der Waals surface area contributed by atoms with Crippen LogP contribution in [0, 0.1) is 0 Å². The number of likely N-dealkylation sites (N-methyl/N-ethyl adjacent to an activating group) is 1. The Morgan fingerprint density at radius 2 is 1.88 bits per heavy atom. The molecule has 0 unspecified atom stereocenters. The number of piperazine rings is 1. The molecule has 1 N–H and O–H groups in total. The van der Waals surface area contributed by atoms with Gasteiger partial charge in [0.15, 0.2) is 5.82 Å². The smallest absolute Gasteiger partial charge is 0.338 e. The summed E-state index contributed by atoms with van der Waals surface area (Å²) in [5.41, 5.74) is -0.679. The molecular formula is C15H16ClF3N6. The predicted octanol–water partition coefficient (Wildman–Crippen LogP) is 3.04. The van der Waals surface area contributed by atoms with E-state index < -0.39 is 11.7 Å². The average molecular weight is 373 g/mol. The first kappa shape index (κ1) is 17.7. The summed E-state index contributed by atoms with van der Waals surface area (Å²) < 4.78 is 38.6. The third-order valence-electron chi connectivity index (χ3n) is 3.89. The SMILES string of the molecule is CN1CCN(c2nncc(Nc3cc(C(F)(F)F)ccc3Cl)n2)CC1. The molecule has 1 aliphatic heterocycles. The van der Waals surface area contributed by atoms with Gasteiger partial charge in [-0.25, -0.2) is 0 Å². The van der Waals surface area contributed by atoms with E-state index in [-0.39, 0.29) is 16.5 Å². The Kier molecular flexibility index (Phi) is 4.96. The summed E-state index contributed by atoms with van der Waals surface area (Å²) in [4.78, 5) is 8.50. The van der Waals surface area contributed by atoms with Crippen LogP contribution in [-0.4, -0.2) is 53.3 Å². The normalized spacial score (nSPS) is 16.1. The molecule has 6 nitrogen and oxygen atoms in total. The maximum absolute atomic E-state index is 12.9. The zero-order valence-corrected chi connectivity index (χ0v) is 14.1. The molecule has 1 aromatic carbocycles. The van der Waals surface area contributed by atoms with Crippen LogP contribution in [0.1, 0.15) is 5.56 Å². The Bertz CT molecular complexity index is 746. The third-order valence-corrected chi connectivity index (χ3v) is 4.22. The zero-order valence-electron chi connectivity index (χ0n) is 13.4. The molecule has 0 aliphatic carbocycles. The lowest BCUT2D eigenvalue weighted by atomic mass is 10.2. The minimum absolute atomic E-state index is 0.112. The molecule has 1 aliphatic rings. The zero-order chi connectivity index (χ0) is 18.0. The Labute approximate surface area is 147 Å². The molecule has 0 atom stereocenters. The van der Waals surface area contributed by atoms with Gasteiger partial charge < -0.3 is 15.1 Å². The van der Waals surface area contributed by atoms with Crippen LogP contribution in [0.4, 0.5) is 30.6 Å². The van der Waals surface area contributed by atoms with Crippen LogP contribution in [0.25, 0.3) is 0 Å². The van der Waals surface area contributed by atoms with Gasteiger partial charge in [0.25, 0.3) is 0 Å². The van der Waals surface area contributed by atoms with Crippen molar-refractivity contribution in [3.8, 4) is 0 Å². The van der Waals surface area contributed by atoms with Gasteiger partial charge in [-0.2, -0.15) is 23.3 Å². The topological polar surface area (TPSA) is 57.2 Å². The molecular weight excluding hydrogens is 357 g/mol. The molecule has 3 rings (SSSR count). The summed E-state index contributed by atoms with van der Waals surface area (Å²) in [5.74, 6) is 0.714. The van der Waals surface area contributed by atoms with Crippen molar-refractivity contribution < 1.29 is 13.2 Å². The molecule has 2 aromatic rings. The van der Waals surface area contributed by atoms with Gasteiger partial charge in [0.1, 0.15) is 0 Å². The molecule has 0 spiro atoms. The van der Waals surface area contributed by atoms with Gasteiger partial charge in [0.2, 0.25) is 5.95 Å². The lowest BCUT2D eigenvalue weighted by Crippen LogP contribution is -2.45. The highest BCUT2D eigenvalue weighted by molar-refractivity contribution is 6.33. The number of anilines is 3. The standard InChI is InChI=1S/C15H16ClF3N6/c1-24-4-6-25(7-5-24)14-22-13(9-20-23-14)21-12-8-10(15(17,18)19)2-3-11(12)16/h2-3,8-9H,4-7H2,1H3,(H,21,22,23). The highest BCUT2D eigenvalue weighted by atomic mass is 35.5. The number of benzene rings is 1. The molecule has 2 heterocycles. The highest BCUT2D eigenvalue weighted by Crippen LogP contribution is 2.34. The maximum Gasteiger partial charge on any atom is 0.416 e. The van der Waals surface area contributed by atoms with Gasteiger partial charge in [-0.3, -0.25) is 0 Å². The minimum atomic E-state index is -4.45. The Hall–Kier alpha value is -2.13. The van der Waals surface area contributed by atoms with E-state index in [4.69, 9.17) is 11.6 Å². The van der Waals surface area contributed by atoms with Crippen molar-refractivity contribution in [2.75, 3.05) is 43.4 Å². The summed E-state index contributed by atoms with van der Waals surface area (Å²) in [6.45, 7) is 3.26. The number of nitrogens with one attached hydrogen (secondary N) is 1. The molecule has 0 bridgehead atoms. The first-order valence-corrected chi connectivity index (χ1v) is 7.98. The summed E-state index contributed by atoms with van der Waals surface area (Å²) in [6, 6.07) is 3.07. The van der Waals surface area contributed by atoms with Crippen molar-refractivity contribution in [2.24, 2.45) is 0 Å². The second-order valence-corrected chi connectivity index (χ2v) is 6.16. The average Bonchev–Trinajstić information content (AvgIpc) is 2.57. The van der Waals surface area contributed by atoms with Crippen molar-refractivity contribution in [1.29, 1.82) is 0 Å². The van der Waals surface area contributed by atoms with Crippen LogP contribution in [0.2, 0.25) is 5.02 Å². The van der Waals surface area contributed by atoms with Gasteiger partial charge in [-0.15, -0.1) is 5.10 Å². The van der Waals surface area contributed by atoms with Crippen LogP contribution in [0.15, 0.2) is 24.4 Å². The van der Waals surface area contributed by atoms with E-state index >= 15 is 0 Å². The Balaban J connectivity index is 1.81. The fraction of sp³-hybridized carbons (Fsp3) is 0.400. The lowest BCUT2D eigenvalue weighted by molar-refractivity contribution is -0.137. The first-order valence-electron chi connectivity index (χ1n) is 7.60. The number of aromatic nitrogens is 3. The molecule has 25 heavy (non-hydrogen) atoms. The maximum atomic E-state index is 12.9. The number of halogens is 4. The van der Waals surface area contributed by atoms with Crippen LogP contribution in [-0.2, 0) is 6.18 Å². The highest BCUT2D eigenvalue weighted by Gasteiger charge is 2.31. The van der Waals surface area contributed by atoms with Crippen molar-refractivity contribution >= 4 is 29.1 Å². The summed E-state index contributed by atoms with van der Waals surface area (Å²) >= 11 is 5.99. The third kappa shape index (κ3) is 4.29. The summed E-state index contributed by atoms with van der Waals surface area (Å²) in [6.07, 6.45) is -3.11. The Morgan fingerprint density at radius 3 is 2.56 bits per heavy atom. The van der Waals surface area contributed by atoms with E-state index in [0.29, 0.717) is 5.95 Å². The molecule has 10 heteroatoms. The van der Waals surface area contributed by atoms with Crippen molar-refractivity contribution in [2.45, 2.75) is 6.18 Å². The van der Waals surface area contributed by atoms with Crippen LogP contribution >= 0.6 is 11.6 Å². The van der Waals surface area contributed by atoms with Gasteiger partial charge in [-0.1, -0.05) is 11.6 Å². The molecule has 134 valence electrons. The van der Waals surface area contributed by atoms with E-state index in [0.717, 1.165) is 38.3 Å². The fourth-order valence-electron chi connectivity index (χ4n) is 2.43. The van der Waals surface area contributed by atoms with Gasteiger partial charge in [-0.05, 0) is 25.2 Å². The number of hydrogen-bond donors (Lipinski definition) is 1. The number of hydrogen-bond acceptors (Lipinski definition) is 6. The molecule has 0 radical (unpaired) electrons. The van der Waals surface area contributed by atoms with Crippen LogP contribution in [0.5, 0.6) is 0 Å². The fourth-order valence-corrected chi connectivity index (χ4v) is 2.59. The molecule has 1 aromatic heterocycles. The van der Waals surface area contributed by atoms with Gasteiger partial charge >= 0.3 is 6.18 Å².